The van der Waals surface area contributed by atoms with Crippen LogP contribution in [0.4, 0.5) is 0 Å². The summed E-state index contributed by atoms with van der Waals surface area (Å²) in [6, 6.07) is 0. The van der Waals surface area contributed by atoms with Gasteiger partial charge in [-0.05, 0) is 20.3 Å². The molecular formula is C9H17BaNO4. The Kier molecular flexibility index (Phi) is 9.16. The molecule has 0 aliphatic carbocycles. The minimum atomic E-state index is -1.01. The number of hydrogen-bond acceptors (Lipinski definition) is 3. The maximum absolute atomic E-state index is 10.5. The van der Waals surface area contributed by atoms with Gasteiger partial charge in [0.1, 0.15) is 0 Å². The van der Waals surface area contributed by atoms with E-state index in [9.17, 15) is 9.59 Å². The summed E-state index contributed by atoms with van der Waals surface area (Å²) in [4.78, 5) is 22.5. The molecule has 0 fully saturated rings. The molecular weight excluding hydrogens is 323 g/mol. The van der Waals surface area contributed by atoms with Crippen LogP contribution in [0.5, 0.6) is 0 Å². The molecule has 0 spiro atoms. The molecule has 0 saturated carbocycles. The number of carbonyl (C=O) groups is 2. The van der Waals surface area contributed by atoms with Crippen molar-refractivity contribution in [1.29, 1.82) is 0 Å². The second-order valence-electron chi connectivity index (χ2n) is 3.81. The summed E-state index contributed by atoms with van der Waals surface area (Å²) >= 11 is 0. The predicted octanol–water partition coefficient (Wildman–Crippen LogP) is 0.265. The smallest absolute Gasteiger partial charge is 0.317 e. The summed E-state index contributed by atoms with van der Waals surface area (Å²) in [6.45, 7) is 5.08. The molecule has 0 aromatic heterocycles. The molecule has 5 nitrogen and oxygen atoms in total. The van der Waals surface area contributed by atoms with Crippen LogP contribution in [0, 0.1) is 0 Å². The van der Waals surface area contributed by atoms with E-state index in [4.69, 9.17) is 10.2 Å². The van der Waals surface area contributed by atoms with Gasteiger partial charge >= 0.3 is 11.9 Å². The van der Waals surface area contributed by atoms with Gasteiger partial charge in [0, 0.05) is 54.4 Å². The van der Waals surface area contributed by atoms with Gasteiger partial charge in [0.25, 0.3) is 0 Å². The van der Waals surface area contributed by atoms with Crippen molar-refractivity contribution >= 4 is 60.8 Å². The minimum absolute atomic E-state index is 0. The number of rotatable bonds is 6. The summed E-state index contributed by atoms with van der Waals surface area (Å²) in [5, 5.41) is 17.2. The van der Waals surface area contributed by atoms with Gasteiger partial charge in [-0.15, -0.1) is 0 Å². The van der Waals surface area contributed by atoms with Crippen LogP contribution in [0.25, 0.3) is 0 Å². The molecule has 0 aliphatic rings. The SMILES string of the molecule is CCC(C)(C)N(CC(=O)O)CC(=O)O.[Ba]. The van der Waals surface area contributed by atoms with Crippen LogP contribution in [0.1, 0.15) is 27.2 Å². The summed E-state index contributed by atoms with van der Waals surface area (Å²) < 4.78 is 0. The molecule has 0 atom stereocenters. The predicted molar refractivity (Wildman–Crippen MR) is 57.0 cm³/mol. The maximum Gasteiger partial charge on any atom is 0.317 e. The molecule has 0 rings (SSSR count). The first kappa shape index (κ1) is 17.9. The summed E-state index contributed by atoms with van der Waals surface area (Å²) in [5.41, 5.74) is -0.406. The van der Waals surface area contributed by atoms with Crippen LogP contribution >= 0.6 is 0 Å². The van der Waals surface area contributed by atoms with Crippen LogP contribution in [-0.4, -0.2) is 94.6 Å². The van der Waals surface area contributed by atoms with Crippen molar-refractivity contribution in [2.75, 3.05) is 13.1 Å². The minimum Gasteiger partial charge on any atom is -0.480 e. The molecule has 2 radical (unpaired) electrons. The van der Waals surface area contributed by atoms with Crippen molar-refractivity contribution < 1.29 is 19.8 Å². The molecule has 0 saturated heterocycles. The van der Waals surface area contributed by atoms with Crippen molar-refractivity contribution in [2.45, 2.75) is 32.7 Å². The fourth-order valence-corrected chi connectivity index (χ4v) is 1.03. The Morgan fingerprint density at radius 3 is 1.67 bits per heavy atom. The molecule has 0 aromatic rings. The standard InChI is InChI=1S/C9H17NO4.Ba/c1-4-9(2,3)10(5-7(11)12)6-8(13)14;/h4-6H2,1-3H3,(H,11,12)(H,13,14);. The number of nitrogens with zero attached hydrogens (tertiary/aromatic N) is 1. The van der Waals surface area contributed by atoms with E-state index in [0.29, 0.717) is 6.42 Å². The average Bonchev–Trinajstić information content (AvgIpc) is 2.01. The zero-order valence-electron chi connectivity index (χ0n) is 9.49. The van der Waals surface area contributed by atoms with Gasteiger partial charge in [-0.2, -0.15) is 0 Å². The van der Waals surface area contributed by atoms with Gasteiger partial charge < -0.3 is 10.2 Å². The largest absolute Gasteiger partial charge is 0.480 e. The van der Waals surface area contributed by atoms with Gasteiger partial charge in [0.2, 0.25) is 0 Å². The summed E-state index contributed by atoms with van der Waals surface area (Å²) in [6.07, 6.45) is 0.702. The Labute approximate surface area is 130 Å². The second-order valence-corrected chi connectivity index (χ2v) is 3.81. The maximum atomic E-state index is 10.5. The molecule has 0 unspecified atom stereocenters. The van der Waals surface area contributed by atoms with Crippen molar-refractivity contribution in [3.8, 4) is 0 Å². The summed E-state index contributed by atoms with van der Waals surface area (Å²) in [5.74, 6) is -2.01. The Morgan fingerprint density at radius 2 is 1.47 bits per heavy atom. The molecule has 0 amide bonds. The third-order valence-electron chi connectivity index (χ3n) is 2.37. The van der Waals surface area contributed by atoms with E-state index < -0.39 is 17.5 Å². The number of carboxylic acid groups (broad SMARTS) is 2. The van der Waals surface area contributed by atoms with E-state index in [2.05, 4.69) is 0 Å². The first-order valence-electron chi connectivity index (χ1n) is 4.48. The van der Waals surface area contributed by atoms with E-state index in [1.54, 1.807) is 0 Å². The van der Waals surface area contributed by atoms with E-state index >= 15 is 0 Å². The third-order valence-corrected chi connectivity index (χ3v) is 2.37. The molecule has 6 heteroatoms. The number of aliphatic carboxylic acids is 2. The average molecular weight is 341 g/mol. The molecule has 0 bridgehead atoms. The number of hydrogen-bond donors (Lipinski definition) is 2. The van der Waals surface area contributed by atoms with Crippen LogP contribution in [0.3, 0.4) is 0 Å². The van der Waals surface area contributed by atoms with Crippen molar-refractivity contribution in [1.82, 2.24) is 4.90 Å². The first-order valence-corrected chi connectivity index (χ1v) is 4.48. The third kappa shape index (κ3) is 7.37. The van der Waals surface area contributed by atoms with Gasteiger partial charge in [-0.3, -0.25) is 14.5 Å². The van der Waals surface area contributed by atoms with E-state index in [0.717, 1.165) is 0 Å². The molecule has 15 heavy (non-hydrogen) atoms. The quantitative estimate of drug-likeness (QED) is 0.679. The Bertz CT molecular complexity index is 214. The molecule has 84 valence electrons. The molecule has 2 N–H and O–H groups in total. The van der Waals surface area contributed by atoms with Crippen molar-refractivity contribution in [2.24, 2.45) is 0 Å². The van der Waals surface area contributed by atoms with Crippen LogP contribution in [0.2, 0.25) is 0 Å². The van der Waals surface area contributed by atoms with Crippen LogP contribution in [-0.2, 0) is 9.59 Å². The zero-order valence-corrected chi connectivity index (χ0v) is 13.9. The molecule has 0 aromatic carbocycles. The zero-order chi connectivity index (χ0) is 11.4. The van der Waals surface area contributed by atoms with Crippen molar-refractivity contribution in [3.05, 3.63) is 0 Å². The number of carboxylic acids is 2. The molecule has 0 heterocycles. The van der Waals surface area contributed by atoms with Gasteiger partial charge in [-0.25, -0.2) is 0 Å². The Balaban J connectivity index is 0. The fraction of sp³-hybridized carbons (Fsp3) is 0.778. The van der Waals surface area contributed by atoms with E-state index in [-0.39, 0.29) is 62.0 Å². The van der Waals surface area contributed by atoms with E-state index in [1.165, 1.54) is 4.90 Å². The van der Waals surface area contributed by atoms with Crippen LogP contribution in [0.15, 0.2) is 0 Å². The molecule has 0 aliphatic heterocycles. The Hall–Kier alpha value is 0.471. The van der Waals surface area contributed by atoms with Gasteiger partial charge in [0.15, 0.2) is 0 Å². The normalized spacial score (nSPS) is 10.9. The van der Waals surface area contributed by atoms with E-state index in [1.807, 2.05) is 20.8 Å². The van der Waals surface area contributed by atoms with Crippen molar-refractivity contribution in [3.63, 3.8) is 0 Å². The Morgan fingerprint density at radius 1 is 1.13 bits per heavy atom. The monoisotopic (exact) mass is 341 g/mol. The first-order chi connectivity index (χ1) is 6.29. The summed E-state index contributed by atoms with van der Waals surface area (Å²) in [7, 11) is 0. The fourth-order valence-electron chi connectivity index (χ4n) is 1.03. The van der Waals surface area contributed by atoms with Crippen LogP contribution < -0.4 is 0 Å². The second kappa shape index (κ2) is 7.70. The topological polar surface area (TPSA) is 77.8 Å². The van der Waals surface area contributed by atoms with Gasteiger partial charge in [-0.1, -0.05) is 6.92 Å². The van der Waals surface area contributed by atoms with Gasteiger partial charge in [0.05, 0.1) is 13.1 Å².